The molecular formula is C18H27FN4O. The summed E-state index contributed by atoms with van der Waals surface area (Å²) in [4.78, 5) is 9.27. The van der Waals surface area contributed by atoms with Gasteiger partial charge in [-0.05, 0) is 30.5 Å². The van der Waals surface area contributed by atoms with Crippen molar-refractivity contribution in [2.24, 2.45) is 4.99 Å². The molecule has 1 aromatic rings. The molecule has 132 valence electrons. The molecule has 0 aliphatic carbocycles. The first-order valence-corrected chi connectivity index (χ1v) is 8.78. The Morgan fingerprint density at radius 1 is 1.33 bits per heavy atom. The lowest BCUT2D eigenvalue weighted by molar-refractivity contribution is 0.0195. The monoisotopic (exact) mass is 334 g/mol. The second kappa shape index (κ2) is 8.44. The van der Waals surface area contributed by atoms with Gasteiger partial charge in [0.05, 0.1) is 13.2 Å². The third kappa shape index (κ3) is 4.45. The Balaban J connectivity index is 1.46. The first-order chi connectivity index (χ1) is 11.8. The zero-order chi connectivity index (χ0) is 16.8. The van der Waals surface area contributed by atoms with Crippen molar-refractivity contribution in [3.05, 3.63) is 35.6 Å². The number of nitrogens with zero attached hydrogens (tertiary/aromatic N) is 3. The number of benzene rings is 1. The van der Waals surface area contributed by atoms with Crippen LogP contribution in [0.4, 0.5) is 4.39 Å². The second-order valence-electron chi connectivity index (χ2n) is 6.39. The quantitative estimate of drug-likeness (QED) is 0.667. The Hall–Kier alpha value is -1.66. The van der Waals surface area contributed by atoms with Crippen LogP contribution < -0.4 is 5.32 Å². The molecule has 0 radical (unpaired) electrons. The van der Waals surface area contributed by atoms with E-state index in [-0.39, 0.29) is 5.82 Å². The average molecular weight is 334 g/mol. The van der Waals surface area contributed by atoms with Crippen molar-refractivity contribution in [2.45, 2.75) is 18.9 Å². The Morgan fingerprint density at radius 2 is 2.17 bits per heavy atom. The zero-order valence-corrected chi connectivity index (χ0v) is 14.4. The predicted molar refractivity (Wildman–Crippen MR) is 93.8 cm³/mol. The average Bonchev–Trinajstić information content (AvgIpc) is 3.09. The van der Waals surface area contributed by atoms with Crippen molar-refractivity contribution < 1.29 is 9.13 Å². The summed E-state index contributed by atoms with van der Waals surface area (Å²) in [6.45, 7) is 6.55. The van der Waals surface area contributed by atoms with Crippen molar-refractivity contribution in [3.8, 4) is 0 Å². The van der Waals surface area contributed by atoms with Gasteiger partial charge in [-0.15, -0.1) is 0 Å². The van der Waals surface area contributed by atoms with Gasteiger partial charge in [-0.1, -0.05) is 12.1 Å². The number of morpholine rings is 1. The molecule has 1 atom stereocenters. The number of likely N-dealkylation sites (tertiary alicyclic amines) is 1. The summed E-state index contributed by atoms with van der Waals surface area (Å²) >= 11 is 0. The standard InChI is InChI=1S/C18H27FN4O/c1-20-18(21-7-5-15-3-2-4-16(19)13-15)23-8-6-17(14-23)22-9-11-24-12-10-22/h2-4,13,17H,5-12,14H2,1H3,(H,20,21). The fraction of sp³-hybridized carbons (Fsp3) is 0.611. The van der Waals surface area contributed by atoms with Crippen molar-refractivity contribution in [1.82, 2.24) is 15.1 Å². The fourth-order valence-electron chi connectivity index (χ4n) is 3.52. The number of ether oxygens (including phenoxy) is 1. The van der Waals surface area contributed by atoms with E-state index >= 15 is 0 Å². The summed E-state index contributed by atoms with van der Waals surface area (Å²) in [6, 6.07) is 7.38. The molecule has 0 amide bonds. The van der Waals surface area contributed by atoms with E-state index in [9.17, 15) is 4.39 Å². The molecule has 0 bridgehead atoms. The van der Waals surface area contributed by atoms with Crippen molar-refractivity contribution in [2.75, 3.05) is 53.0 Å². The number of aliphatic imine (C=N–C) groups is 1. The molecule has 6 heteroatoms. The molecule has 0 saturated carbocycles. The molecule has 1 N–H and O–H groups in total. The van der Waals surface area contributed by atoms with Crippen LogP contribution >= 0.6 is 0 Å². The molecule has 2 saturated heterocycles. The highest BCUT2D eigenvalue weighted by Crippen LogP contribution is 2.17. The van der Waals surface area contributed by atoms with Crippen LogP contribution in [0.2, 0.25) is 0 Å². The minimum Gasteiger partial charge on any atom is -0.379 e. The number of hydrogen-bond donors (Lipinski definition) is 1. The smallest absolute Gasteiger partial charge is 0.193 e. The number of nitrogens with one attached hydrogen (secondary N) is 1. The van der Waals surface area contributed by atoms with Crippen LogP contribution in [0.25, 0.3) is 0 Å². The van der Waals surface area contributed by atoms with Crippen LogP contribution in [-0.2, 0) is 11.2 Å². The maximum absolute atomic E-state index is 13.2. The molecule has 2 aliphatic heterocycles. The number of rotatable bonds is 4. The van der Waals surface area contributed by atoms with Gasteiger partial charge in [0.1, 0.15) is 5.82 Å². The summed E-state index contributed by atoms with van der Waals surface area (Å²) in [6.07, 6.45) is 1.96. The summed E-state index contributed by atoms with van der Waals surface area (Å²) in [7, 11) is 1.83. The normalized spacial score (nSPS) is 22.8. The summed E-state index contributed by atoms with van der Waals surface area (Å²) < 4.78 is 18.7. The van der Waals surface area contributed by atoms with Crippen LogP contribution in [0.1, 0.15) is 12.0 Å². The second-order valence-corrected chi connectivity index (χ2v) is 6.39. The van der Waals surface area contributed by atoms with E-state index in [0.717, 1.165) is 63.9 Å². The van der Waals surface area contributed by atoms with Gasteiger partial charge in [0.2, 0.25) is 0 Å². The van der Waals surface area contributed by atoms with E-state index in [2.05, 4.69) is 20.1 Å². The minimum absolute atomic E-state index is 0.176. The van der Waals surface area contributed by atoms with Gasteiger partial charge in [0.15, 0.2) is 5.96 Å². The molecule has 2 fully saturated rings. The first kappa shape index (κ1) is 17.2. The van der Waals surface area contributed by atoms with Crippen LogP contribution in [0.5, 0.6) is 0 Å². The van der Waals surface area contributed by atoms with Crippen LogP contribution in [0, 0.1) is 5.82 Å². The van der Waals surface area contributed by atoms with E-state index in [1.54, 1.807) is 12.1 Å². The van der Waals surface area contributed by atoms with Gasteiger partial charge in [0, 0.05) is 45.8 Å². The molecule has 2 heterocycles. The summed E-state index contributed by atoms with van der Waals surface area (Å²) in [5.41, 5.74) is 1.01. The van der Waals surface area contributed by atoms with E-state index in [4.69, 9.17) is 4.74 Å². The summed E-state index contributed by atoms with van der Waals surface area (Å²) in [5, 5.41) is 3.41. The van der Waals surface area contributed by atoms with Crippen LogP contribution in [-0.4, -0.2) is 74.8 Å². The largest absolute Gasteiger partial charge is 0.379 e. The van der Waals surface area contributed by atoms with Gasteiger partial charge in [-0.3, -0.25) is 9.89 Å². The molecule has 2 aliphatic rings. The third-order valence-corrected chi connectivity index (χ3v) is 4.82. The van der Waals surface area contributed by atoms with Crippen molar-refractivity contribution in [1.29, 1.82) is 0 Å². The van der Waals surface area contributed by atoms with Crippen LogP contribution in [0.3, 0.4) is 0 Å². The Bertz CT molecular complexity index is 560. The maximum atomic E-state index is 13.2. The first-order valence-electron chi connectivity index (χ1n) is 8.78. The van der Waals surface area contributed by atoms with Gasteiger partial charge in [0.25, 0.3) is 0 Å². The van der Waals surface area contributed by atoms with Gasteiger partial charge in [-0.25, -0.2) is 4.39 Å². The molecular weight excluding hydrogens is 307 g/mol. The Kier molecular flexibility index (Phi) is 6.04. The molecule has 24 heavy (non-hydrogen) atoms. The number of halogens is 1. The van der Waals surface area contributed by atoms with Gasteiger partial charge < -0.3 is 15.0 Å². The minimum atomic E-state index is -0.176. The highest BCUT2D eigenvalue weighted by molar-refractivity contribution is 5.80. The Morgan fingerprint density at radius 3 is 2.92 bits per heavy atom. The van der Waals surface area contributed by atoms with Crippen molar-refractivity contribution in [3.63, 3.8) is 0 Å². The van der Waals surface area contributed by atoms with Crippen LogP contribution in [0.15, 0.2) is 29.3 Å². The number of guanidine groups is 1. The van der Waals surface area contributed by atoms with E-state index in [0.29, 0.717) is 6.04 Å². The van der Waals surface area contributed by atoms with E-state index in [1.807, 2.05) is 13.1 Å². The molecule has 0 aromatic heterocycles. The SMILES string of the molecule is CN=C(NCCc1cccc(F)c1)N1CCC(N2CCOCC2)C1. The van der Waals surface area contributed by atoms with Crippen molar-refractivity contribution >= 4 is 5.96 Å². The Labute approximate surface area is 143 Å². The molecule has 1 unspecified atom stereocenters. The topological polar surface area (TPSA) is 40.1 Å². The highest BCUT2D eigenvalue weighted by Gasteiger charge is 2.30. The number of hydrogen-bond acceptors (Lipinski definition) is 3. The van der Waals surface area contributed by atoms with E-state index in [1.165, 1.54) is 12.5 Å². The predicted octanol–water partition coefficient (Wildman–Crippen LogP) is 1.35. The van der Waals surface area contributed by atoms with Gasteiger partial charge >= 0.3 is 0 Å². The molecule has 5 nitrogen and oxygen atoms in total. The van der Waals surface area contributed by atoms with Gasteiger partial charge in [-0.2, -0.15) is 0 Å². The fourth-order valence-corrected chi connectivity index (χ4v) is 3.52. The third-order valence-electron chi connectivity index (χ3n) is 4.82. The molecule has 3 rings (SSSR count). The molecule has 0 spiro atoms. The van der Waals surface area contributed by atoms with E-state index < -0.39 is 0 Å². The molecule has 1 aromatic carbocycles. The lowest BCUT2D eigenvalue weighted by Crippen LogP contribution is -2.46. The highest BCUT2D eigenvalue weighted by atomic mass is 19.1. The zero-order valence-electron chi connectivity index (χ0n) is 14.4. The summed E-state index contributed by atoms with van der Waals surface area (Å²) in [5.74, 6) is 0.770. The lowest BCUT2D eigenvalue weighted by atomic mass is 10.1. The lowest BCUT2D eigenvalue weighted by Gasteiger charge is -2.32. The maximum Gasteiger partial charge on any atom is 0.193 e.